The number of nitrogens with zero attached hydrogens (tertiary/aromatic N) is 7. The van der Waals surface area contributed by atoms with Crippen LogP contribution in [0.1, 0.15) is 44.0 Å². The molecule has 0 bridgehead atoms. The molecule has 0 saturated carbocycles. The van der Waals surface area contributed by atoms with Crippen molar-refractivity contribution in [3.63, 3.8) is 0 Å². The normalized spacial score (nSPS) is 15.7. The van der Waals surface area contributed by atoms with E-state index in [1.54, 1.807) is 46.1 Å². The molecule has 1 fully saturated rings. The van der Waals surface area contributed by atoms with Gasteiger partial charge in [-0.15, -0.1) is 5.10 Å². The van der Waals surface area contributed by atoms with E-state index in [1.807, 2.05) is 57.3 Å². The van der Waals surface area contributed by atoms with Gasteiger partial charge in [-0.3, -0.25) is 19.5 Å². The number of H-pyrrole nitrogens is 1. The average Bonchev–Trinajstić information content (AvgIpc) is 3.61. The van der Waals surface area contributed by atoms with E-state index in [4.69, 9.17) is 4.74 Å². The van der Waals surface area contributed by atoms with Crippen LogP contribution in [0.4, 0.5) is 10.6 Å². The van der Waals surface area contributed by atoms with Crippen molar-refractivity contribution in [3.05, 3.63) is 66.6 Å². The monoisotopic (exact) mass is 528 g/mol. The minimum absolute atomic E-state index is 0.205. The number of nitrogens with one attached hydrogen (secondary N) is 1. The minimum Gasteiger partial charge on any atom is -0.444 e. The highest BCUT2D eigenvalue weighted by molar-refractivity contribution is 6.06. The number of piperidine rings is 1. The number of pyridine rings is 1. The maximum Gasteiger partial charge on any atom is 0.410 e. The van der Waals surface area contributed by atoms with Crippen LogP contribution in [0.2, 0.25) is 0 Å². The number of aromatic nitrogens is 6. The summed E-state index contributed by atoms with van der Waals surface area (Å²) in [5, 5.41) is 15.2. The topological polar surface area (TPSA) is 122 Å². The SMILES string of the molecule is Cn1cc(-c2ccc(C(=O)N(c3cc(-c4cc[nH]n4)ccn3)[C@@H]3CCCN(C(=O)OC(C)(C)C)C3)cc2)nn1. The molecular weight excluding hydrogens is 496 g/mol. The summed E-state index contributed by atoms with van der Waals surface area (Å²) in [4.78, 5) is 35.0. The van der Waals surface area contributed by atoms with Crippen LogP contribution in [0.15, 0.2) is 61.1 Å². The standard InChI is InChI=1S/C28H32N8O3/c1-28(2,3)39-27(38)35-15-5-6-22(17-35)36(25-16-21(11-13-29-25)23-12-14-30-31-23)26(37)20-9-7-19(8-10-20)24-18-34(4)33-32-24/h7-14,16,18,22H,5-6,15,17H2,1-4H3,(H,30,31)/t22-/m1/s1. The molecule has 202 valence electrons. The van der Waals surface area contributed by atoms with Crippen LogP contribution in [-0.2, 0) is 11.8 Å². The first-order chi connectivity index (χ1) is 18.7. The maximum absolute atomic E-state index is 14.1. The Labute approximate surface area is 226 Å². The molecule has 11 heteroatoms. The molecule has 0 aliphatic carbocycles. The Morgan fingerprint density at radius 3 is 2.54 bits per heavy atom. The van der Waals surface area contributed by atoms with E-state index >= 15 is 0 Å². The lowest BCUT2D eigenvalue weighted by Gasteiger charge is -2.39. The zero-order valence-corrected chi connectivity index (χ0v) is 22.5. The number of rotatable bonds is 5. The summed E-state index contributed by atoms with van der Waals surface area (Å²) in [6, 6.07) is 12.6. The summed E-state index contributed by atoms with van der Waals surface area (Å²) in [5.74, 6) is 0.290. The fourth-order valence-electron chi connectivity index (χ4n) is 4.65. The quantitative estimate of drug-likeness (QED) is 0.409. The molecule has 0 spiro atoms. The summed E-state index contributed by atoms with van der Waals surface area (Å²) in [6.45, 7) is 6.44. The Kier molecular flexibility index (Phi) is 7.14. The van der Waals surface area contributed by atoms with E-state index in [-0.39, 0.29) is 18.0 Å². The molecule has 1 aliphatic heterocycles. The van der Waals surface area contributed by atoms with Crippen molar-refractivity contribution >= 4 is 17.8 Å². The highest BCUT2D eigenvalue weighted by atomic mass is 16.6. The van der Waals surface area contributed by atoms with Gasteiger partial charge in [0.25, 0.3) is 5.91 Å². The van der Waals surface area contributed by atoms with E-state index in [0.29, 0.717) is 24.5 Å². The van der Waals surface area contributed by atoms with Gasteiger partial charge in [-0.25, -0.2) is 9.78 Å². The summed E-state index contributed by atoms with van der Waals surface area (Å²) < 4.78 is 7.26. The van der Waals surface area contributed by atoms with Crippen molar-refractivity contribution < 1.29 is 14.3 Å². The molecule has 1 N–H and O–H groups in total. The van der Waals surface area contributed by atoms with Crippen LogP contribution in [0.5, 0.6) is 0 Å². The Morgan fingerprint density at radius 2 is 1.87 bits per heavy atom. The van der Waals surface area contributed by atoms with Crippen molar-refractivity contribution in [2.45, 2.75) is 45.3 Å². The zero-order chi connectivity index (χ0) is 27.6. The molecule has 39 heavy (non-hydrogen) atoms. The summed E-state index contributed by atoms with van der Waals surface area (Å²) in [7, 11) is 1.81. The Morgan fingerprint density at radius 1 is 1.08 bits per heavy atom. The lowest BCUT2D eigenvalue weighted by Crippen LogP contribution is -2.53. The van der Waals surface area contributed by atoms with Crippen molar-refractivity contribution in [1.82, 2.24) is 35.1 Å². The van der Waals surface area contributed by atoms with E-state index in [1.165, 1.54) is 0 Å². The van der Waals surface area contributed by atoms with E-state index < -0.39 is 5.60 Å². The number of aromatic amines is 1. The van der Waals surface area contributed by atoms with E-state index in [9.17, 15) is 9.59 Å². The van der Waals surface area contributed by atoms with Crippen LogP contribution in [0.25, 0.3) is 22.5 Å². The number of amides is 2. The molecular formula is C28H32N8O3. The first kappa shape index (κ1) is 26.1. The van der Waals surface area contributed by atoms with Crippen molar-refractivity contribution in [2.75, 3.05) is 18.0 Å². The largest absolute Gasteiger partial charge is 0.444 e. The number of hydrogen-bond donors (Lipinski definition) is 1. The molecule has 5 rings (SSSR count). The van der Waals surface area contributed by atoms with Crippen molar-refractivity contribution in [2.24, 2.45) is 7.05 Å². The Balaban J connectivity index is 1.47. The first-order valence-electron chi connectivity index (χ1n) is 12.9. The molecule has 1 aliphatic rings. The molecule has 1 saturated heterocycles. The van der Waals surface area contributed by atoms with Gasteiger partial charge in [0.2, 0.25) is 0 Å². The molecule has 4 heterocycles. The van der Waals surface area contributed by atoms with Gasteiger partial charge in [0.1, 0.15) is 17.1 Å². The number of carbonyl (C=O) groups is 2. The fourth-order valence-corrected chi connectivity index (χ4v) is 4.65. The third-order valence-corrected chi connectivity index (χ3v) is 6.45. The van der Waals surface area contributed by atoms with Gasteiger partial charge in [-0.05, 0) is 63.9 Å². The number of carbonyl (C=O) groups excluding carboxylic acids is 2. The predicted molar refractivity (Wildman–Crippen MR) is 146 cm³/mol. The van der Waals surface area contributed by atoms with Gasteiger partial charge in [-0.1, -0.05) is 17.3 Å². The van der Waals surface area contributed by atoms with Gasteiger partial charge < -0.3 is 9.64 Å². The lowest BCUT2D eigenvalue weighted by molar-refractivity contribution is 0.0196. The van der Waals surface area contributed by atoms with Crippen LogP contribution in [0, 0.1) is 0 Å². The van der Waals surface area contributed by atoms with Crippen LogP contribution in [-0.4, -0.2) is 71.8 Å². The smallest absolute Gasteiger partial charge is 0.410 e. The molecule has 2 amide bonds. The van der Waals surface area contributed by atoms with Gasteiger partial charge in [-0.2, -0.15) is 5.10 Å². The van der Waals surface area contributed by atoms with Crippen LogP contribution >= 0.6 is 0 Å². The third-order valence-electron chi connectivity index (χ3n) is 6.45. The molecule has 4 aromatic rings. The second kappa shape index (κ2) is 10.7. The predicted octanol–water partition coefficient (Wildman–Crippen LogP) is 4.31. The van der Waals surface area contributed by atoms with E-state index in [2.05, 4.69) is 25.5 Å². The zero-order valence-electron chi connectivity index (χ0n) is 22.5. The summed E-state index contributed by atoms with van der Waals surface area (Å²) in [5.41, 5.74) is 3.06. The van der Waals surface area contributed by atoms with Crippen LogP contribution in [0.3, 0.4) is 0 Å². The number of anilines is 1. The Bertz CT molecular complexity index is 1440. The molecule has 1 atom stereocenters. The van der Waals surface area contributed by atoms with Crippen LogP contribution < -0.4 is 4.90 Å². The van der Waals surface area contributed by atoms with Gasteiger partial charge >= 0.3 is 6.09 Å². The number of hydrogen-bond acceptors (Lipinski definition) is 7. The number of benzene rings is 1. The van der Waals surface area contributed by atoms with Gasteiger partial charge in [0, 0.05) is 49.2 Å². The number of likely N-dealkylation sites (tertiary alicyclic amines) is 1. The minimum atomic E-state index is -0.607. The Hall–Kier alpha value is -4.54. The van der Waals surface area contributed by atoms with Gasteiger partial charge in [0.05, 0.1) is 17.9 Å². The highest BCUT2D eigenvalue weighted by Gasteiger charge is 2.34. The average molecular weight is 529 g/mol. The molecule has 0 unspecified atom stereocenters. The number of aryl methyl sites for hydroxylation is 1. The van der Waals surface area contributed by atoms with Crippen molar-refractivity contribution in [1.29, 1.82) is 0 Å². The fraction of sp³-hybridized carbons (Fsp3) is 0.357. The second-order valence-corrected chi connectivity index (χ2v) is 10.6. The third kappa shape index (κ3) is 5.97. The number of ether oxygens (including phenoxy) is 1. The maximum atomic E-state index is 14.1. The van der Waals surface area contributed by atoms with E-state index in [0.717, 1.165) is 35.4 Å². The molecule has 3 aromatic heterocycles. The molecule has 0 radical (unpaired) electrons. The molecule has 1 aromatic carbocycles. The lowest BCUT2D eigenvalue weighted by atomic mass is 10.0. The first-order valence-corrected chi connectivity index (χ1v) is 12.9. The molecule has 11 nitrogen and oxygen atoms in total. The second-order valence-electron chi connectivity index (χ2n) is 10.6. The highest BCUT2D eigenvalue weighted by Crippen LogP contribution is 2.28. The van der Waals surface area contributed by atoms with Gasteiger partial charge in [0.15, 0.2) is 0 Å². The van der Waals surface area contributed by atoms with Crippen molar-refractivity contribution in [3.8, 4) is 22.5 Å². The summed E-state index contributed by atoms with van der Waals surface area (Å²) in [6.07, 6.45) is 6.31. The summed E-state index contributed by atoms with van der Waals surface area (Å²) >= 11 is 0.